The van der Waals surface area contributed by atoms with Crippen LogP contribution in [0.3, 0.4) is 0 Å². The molecule has 1 aliphatic rings. The van der Waals surface area contributed by atoms with Gasteiger partial charge < -0.3 is 15.2 Å². The van der Waals surface area contributed by atoms with Gasteiger partial charge in [0.2, 0.25) is 5.91 Å². The van der Waals surface area contributed by atoms with Crippen molar-refractivity contribution in [2.24, 2.45) is 5.92 Å². The molecule has 20 heavy (non-hydrogen) atoms. The second-order valence-corrected chi connectivity index (χ2v) is 5.81. The number of aliphatic hydroxyl groups excluding tert-OH is 1. The standard InChI is InChI=1S/C14H17Cl2NO3/c1-20-7-9(18)6-17-14(19)12-5-11(12)10-3-2-8(15)4-13(10)16/h2-4,9,11-12,18H,5-7H2,1H3,(H,17,19). The third-order valence-electron chi connectivity index (χ3n) is 3.36. The van der Waals surface area contributed by atoms with Gasteiger partial charge in [0.25, 0.3) is 0 Å². The van der Waals surface area contributed by atoms with E-state index in [-0.39, 0.29) is 30.9 Å². The Morgan fingerprint density at radius 2 is 2.30 bits per heavy atom. The summed E-state index contributed by atoms with van der Waals surface area (Å²) in [7, 11) is 1.50. The zero-order chi connectivity index (χ0) is 14.7. The van der Waals surface area contributed by atoms with Gasteiger partial charge in [-0.25, -0.2) is 0 Å². The maximum Gasteiger partial charge on any atom is 0.223 e. The molecular weight excluding hydrogens is 301 g/mol. The minimum absolute atomic E-state index is 0.0591. The van der Waals surface area contributed by atoms with Crippen LogP contribution in [0, 0.1) is 5.92 Å². The number of methoxy groups -OCH3 is 1. The summed E-state index contributed by atoms with van der Waals surface area (Å²) in [5.74, 6) is -0.000996. The lowest BCUT2D eigenvalue weighted by atomic mass is 10.1. The van der Waals surface area contributed by atoms with E-state index in [0.717, 1.165) is 12.0 Å². The summed E-state index contributed by atoms with van der Waals surface area (Å²) in [5, 5.41) is 13.4. The molecular formula is C14H17Cl2NO3. The van der Waals surface area contributed by atoms with Crippen LogP contribution in [-0.2, 0) is 9.53 Å². The Morgan fingerprint density at radius 1 is 1.55 bits per heavy atom. The molecule has 3 unspecified atom stereocenters. The van der Waals surface area contributed by atoms with Crippen LogP contribution in [0.1, 0.15) is 17.9 Å². The third-order valence-corrected chi connectivity index (χ3v) is 3.92. The number of hydrogen-bond donors (Lipinski definition) is 2. The highest BCUT2D eigenvalue weighted by molar-refractivity contribution is 6.35. The minimum Gasteiger partial charge on any atom is -0.389 e. The van der Waals surface area contributed by atoms with Crippen molar-refractivity contribution in [1.82, 2.24) is 5.32 Å². The van der Waals surface area contributed by atoms with Crippen molar-refractivity contribution in [2.45, 2.75) is 18.4 Å². The summed E-state index contributed by atoms with van der Waals surface area (Å²) in [6.07, 6.45) is 0.0911. The number of halogens is 2. The summed E-state index contributed by atoms with van der Waals surface area (Å²) >= 11 is 12.0. The first kappa shape index (κ1) is 15.6. The van der Waals surface area contributed by atoms with Gasteiger partial charge in [-0.3, -0.25) is 4.79 Å². The van der Waals surface area contributed by atoms with Gasteiger partial charge in [0, 0.05) is 29.6 Å². The van der Waals surface area contributed by atoms with E-state index in [1.54, 1.807) is 12.1 Å². The zero-order valence-corrected chi connectivity index (χ0v) is 12.6. The fourth-order valence-electron chi connectivity index (χ4n) is 2.23. The first-order valence-corrected chi connectivity index (χ1v) is 7.18. The summed E-state index contributed by atoms with van der Waals surface area (Å²) in [5.41, 5.74) is 0.952. The SMILES string of the molecule is COCC(O)CNC(=O)C1CC1c1ccc(Cl)cc1Cl. The second-order valence-electron chi connectivity index (χ2n) is 4.97. The van der Waals surface area contributed by atoms with Gasteiger partial charge in [0.1, 0.15) is 0 Å². The van der Waals surface area contributed by atoms with Gasteiger partial charge in [-0.1, -0.05) is 29.3 Å². The predicted octanol–water partition coefficient (Wildman–Crippen LogP) is 2.22. The first-order chi connectivity index (χ1) is 9.52. The number of ether oxygens (including phenoxy) is 1. The maximum absolute atomic E-state index is 11.9. The van der Waals surface area contributed by atoms with Crippen LogP contribution >= 0.6 is 23.2 Å². The number of rotatable bonds is 6. The number of benzene rings is 1. The van der Waals surface area contributed by atoms with Crippen molar-refractivity contribution < 1.29 is 14.6 Å². The Morgan fingerprint density at radius 3 is 2.95 bits per heavy atom. The van der Waals surface area contributed by atoms with E-state index in [1.807, 2.05) is 6.07 Å². The molecule has 3 atom stereocenters. The number of carbonyl (C=O) groups is 1. The predicted molar refractivity (Wildman–Crippen MR) is 78.2 cm³/mol. The summed E-state index contributed by atoms with van der Waals surface area (Å²) < 4.78 is 4.80. The van der Waals surface area contributed by atoms with E-state index in [2.05, 4.69) is 5.32 Å². The zero-order valence-electron chi connectivity index (χ0n) is 11.1. The molecule has 0 radical (unpaired) electrons. The van der Waals surface area contributed by atoms with Crippen molar-refractivity contribution in [2.75, 3.05) is 20.3 Å². The minimum atomic E-state index is -0.680. The number of amides is 1. The third kappa shape index (κ3) is 3.85. The lowest BCUT2D eigenvalue weighted by molar-refractivity contribution is -0.123. The maximum atomic E-state index is 11.9. The highest BCUT2D eigenvalue weighted by atomic mass is 35.5. The number of hydrogen-bond acceptors (Lipinski definition) is 3. The molecule has 1 amide bonds. The molecule has 6 heteroatoms. The molecule has 0 bridgehead atoms. The van der Waals surface area contributed by atoms with Crippen molar-refractivity contribution in [3.63, 3.8) is 0 Å². The molecule has 1 aromatic carbocycles. The largest absolute Gasteiger partial charge is 0.389 e. The summed E-state index contributed by atoms with van der Waals surface area (Å²) in [6.45, 7) is 0.404. The lowest BCUT2D eigenvalue weighted by Crippen LogP contribution is -2.35. The molecule has 1 fully saturated rings. The average molecular weight is 318 g/mol. The molecule has 0 saturated heterocycles. The molecule has 110 valence electrons. The molecule has 2 N–H and O–H groups in total. The van der Waals surface area contributed by atoms with Gasteiger partial charge in [0.15, 0.2) is 0 Å². The monoisotopic (exact) mass is 317 g/mol. The highest BCUT2D eigenvalue weighted by Gasteiger charge is 2.44. The fraction of sp³-hybridized carbons (Fsp3) is 0.500. The van der Waals surface area contributed by atoms with Crippen molar-refractivity contribution >= 4 is 29.1 Å². The Bertz CT molecular complexity index is 495. The molecule has 2 rings (SSSR count). The van der Waals surface area contributed by atoms with Gasteiger partial charge in [0.05, 0.1) is 12.7 Å². The molecule has 1 aliphatic carbocycles. The molecule has 4 nitrogen and oxygen atoms in total. The van der Waals surface area contributed by atoms with Crippen LogP contribution in [0.5, 0.6) is 0 Å². The van der Waals surface area contributed by atoms with E-state index < -0.39 is 6.10 Å². The number of nitrogens with one attached hydrogen (secondary N) is 1. The molecule has 0 aromatic heterocycles. The average Bonchev–Trinajstić information content (AvgIpc) is 3.16. The van der Waals surface area contributed by atoms with E-state index in [1.165, 1.54) is 7.11 Å². The van der Waals surface area contributed by atoms with E-state index in [9.17, 15) is 9.90 Å². The Hall–Kier alpha value is -0.810. The molecule has 1 aromatic rings. The molecule has 0 spiro atoms. The lowest BCUT2D eigenvalue weighted by Gasteiger charge is -2.10. The van der Waals surface area contributed by atoms with Crippen LogP contribution in [0.25, 0.3) is 0 Å². The number of carbonyl (C=O) groups excluding carboxylic acids is 1. The van der Waals surface area contributed by atoms with Gasteiger partial charge in [-0.2, -0.15) is 0 Å². The molecule has 0 heterocycles. The highest BCUT2D eigenvalue weighted by Crippen LogP contribution is 2.49. The van der Waals surface area contributed by atoms with Crippen molar-refractivity contribution in [3.8, 4) is 0 Å². The normalized spacial score (nSPS) is 22.4. The topological polar surface area (TPSA) is 58.6 Å². The van der Waals surface area contributed by atoms with E-state index >= 15 is 0 Å². The van der Waals surface area contributed by atoms with Gasteiger partial charge in [-0.15, -0.1) is 0 Å². The van der Waals surface area contributed by atoms with E-state index in [0.29, 0.717) is 10.0 Å². The number of aliphatic hydroxyl groups is 1. The van der Waals surface area contributed by atoms with Crippen molar-refractivity contribution in [1.29, 1.82) is 0 Å². The Balaban J connectivity index is 1.86. The summed E-state index contributed by atoms with van der Waals surface area (Å²) in [4.78, 5) is 11.9. The molecule has 1 saturated carbocycles. The quantitative estimate of drug-likeness (QED) is 0.845. The van der Waals surface area contributed by atoms with Crippen LogP contribution in [-0.4, -0.2) is 37.4 Å². The Labute approximate surface area is 128 Å². The first-order valence-electron chi connectivity index (χ1n) is 6.42. The second kappa shape index (κ2) is 6.76. The van der Waals surface area contributed by atoms with Gasteiger partial charge in [-0.05, 0) is 30.0 Å². The summed E-state index contributed by atoms with van der Waals surface area (Å²) in [6, 6.07) is 5.33. The van der Waals surface area contributed by atoms with Crippen LogP contribution in [0.15, 0.2) is 18.2 Å². The Kier molecular flexibility index (Phi) is 5.27. The fourth-order valence-corrected chi connectivity index (χ4v) is 2.78. The van der Waals surface area contributed by atoms with Crippen LogP contribution in [0.4, 0.5) is 0 Å². The van der Waals surface area contributed by atoms with Crippen LogP contribution < -0.4 is 5.32 Å². The van der Waals surface area contributed by atoms with Gasteiger partial charge >= 0.3 is 0 Å². The van der Waals surface area contributed by atoms with E-state index in [4.69, 9.17) is 27.9 Å². The van der Waals surface area contributed by atoms with Crippen LogP contribution in [0.2, 0.25) is 10.0 Å². The van der Waals surface area contributed by atoms with Crippen molar-refractivity contribution in [3.05, 3.63) is 33.8 Å². The smallest absolute Gasteiger partial charge is 0.223 e. The molecule has 0 aliphatic heterocycles.